The van der Waals surface area contributed by atoms with Crippen molar-refractivity contribution in [3.05, 3.63) is 23.4 Å². The molecule has 1 aliphatic rings. The van der Waals surface area contributed by atoms with E-state index in [1.807, 2.05) is 17.9 Å². The zero-order valence-corrected chi connectivity index (χ0v) is 9.32. The number of nitrogens with zero attached hydrogens (tertiary/aromatic N) is 3. The van der Waals surface area contributed by atoms with Gasteiger partial charge in [-0.25, -0.2) is 4.98 Å². The summed E-state index contributed by atoms with van der Waals surface area (Å²) in [6.07, 6.45) is 4.84. The van der Waals surface area contributed by atoms with Crippen LogP contribution in [0.25, 0.3) is 11.3 Å². The molecule has 0 unspecified atom stereocenters. The third-order valence-electron chi connectivity index (χ3n) is 2.98. The summed E-state index contributed by atoms with van der Waals surface area (Å²) >= 11 is 0. The fourth-order valence-corrected chi connectivity index (χ4v) is 2.28. The third-order valence-corrected chi connectivity index (χ3v) is 2.98. The SMILES string of the molecule is Cn1cc2c(n1)CCc1[nH]c(CCN)nc1-2. The second-order valence-electron chi connectivity index (χ2n) is 4.21. The molecule has 0 radical (unpaired) electrons. The van der Waals surface area contributed by atoms with Gasteiger partial charge in [-0.15, -0.1) is 0 Å². The standard InChI is InChI=1S/C11H15N5/c1-16-6-7-8(15-16)2-3-9-11(7)14-10(13-9)4-5-12/h6H,2-5,12H2,1H3,(H,13,14). The van der Waals surface area contributed by atoms with Crippen molar-refractivity contribution in [1.82, 2.24) is 19.7 Å². The van der Waals surface area contributed by atoms with Crippen molar-refractivity contribution in [1.29, 1.82) is 0 Å². The summed E-state index contributed by atoms with van der Waals surface area (Å²) in [7, 11) is 1.95. The monoisotopic (exact) mass is 217 g/mol. The molecule has 0 atom stereocenters. The zero-order chi connectivity index (χ0) is 11.1. The summed E-state index contributed by atoms with van der Waals surface area (Å²) in [5.41, 5.74) is 10.2. The van der Waals surface area contributed by atoms with E-state index in [0.29, 0.717) is 6.54 Å². The van der Waals surface area contributed by atoms with Crippen molar-refractivity contribution >= 4 is 0 Å². The molecule has 5 nitrogen and oxygen atoms in total. The molecule has 0 aromatic carbocycles. The van der Waals surface area contributed by atoms with Crippen molar-refractivity contribution in [2.45, 2.75) is 19.3 Å². The minimum atomic E-state index is 0.631. The number of nitrogens with one attached hydrogen (secondary N) is 1. The highest BCUT2D eigenvalue weighted by atomic mass is 15.3. The van der Waals surface area contributed by atoms with Gasteiger partial charge in [-0.3, -0.25) is 4.68 Å². The maximum atomic E-state index is 5.54. The maximum absolute atomic E-state index is 5.54. The van der Waals surface area contributed by atoms with Crippen LogP contribution in [0.1, 0.15) is 17.2 Å². The van der Waals surface area contributed by atoms with Crippen LogP contribution < -0.4 is 5.73 Å². The molecule has 2 aromatic rings. The van der Waals surface area contributed by atoms with Crippen molar-refractivity contribution < 1.29 is 0 Å². The largest absolute Gasteiger partial charge is 0.345 e. The number of hydrogen-bond acceptors (Lipinski definition) is 3. The van der Waals surface area contributed by atoms with E-state index in [1.165, 1.54) is 11.3 Å². The number of rotatable bonds is 2. The molecular weight excluding hydrogens is 202 g/mol. The highest BCUT2D eigenvalue weighted by Crippen LogP contribution is 2.30. The zero-order valence-electron chi connectivity index (χ0n) is 9.32. The number of hydrogen-bond donors (Lipinski definition) is 2. The van der Waals surface area contributed by atoms with Gasteiger partial charge in [0.2, 0.25) is 0 Å². The van der Waals surface area contributed by atoms with E-state index >= 15 is 0 Å². The summed E-state index contributed by atoms with van der Waals surface area (Å²) in [5, 5.41) is 4.44. The van der Waals surface area contributed by atoms with E-state index in [4.69, 9.17) is 5.73 Å². The van der Waals surface area contributed by atoms with Gasteiger partial charge in [0, 0.05) is 30.9 Å². The minimum absolute atomic E-state index is 0.631. The predicted octanol–water partition coefficient (Wildman–Crippen LogP) is 0.410. The van der Waals surface area contributed by atoms with E-state index in [9.17, 15) is 0 Å². The summed E-state index contributed by atoms with van der Waals surface area (Å²) in [6.45, 7) is 0.631. The van der Waals surface area contributed by atoms with Gasteiger partial charge in [-0.05, 0) is 19.4 Å². The van der Waals surface area contributed by atoms with E-state index < -0.39 is 0 Å². The summed E-state index contributed by atoms with van der Waals surface area (Å²) in [5.74, 6) is 0.990. The Bertz CT molecular complexity index is 522. The van der Waals surface area contributed by atoms with Crippen LogP contribution in [0.3, 0.4) is 0 Å². The number of imidazole rings is 1. The number of aromatic nitrogens is 4. The van der Waals surface area contributed by atoms with Gasteiger partial charge in [0.25, 0.3) is 0 Å². The molecule has 1 aliphatic carbocycles. The normalized spacial score (nSPS) is 13.6. The Balaban J connectivity index is 2.09. The molecule has 0 amide bonds. The first-order valence-electron chi connectivity index (χ1n) is 5.58. The van der Waals surface area contributed by atoms with E-state index in [2.05, 4.69) is 15.1 Å². The second-order valence-corrected chi connectivity index (χ2v) is 4.21. The lowest BCUT2D eigenvalue weighted by atomic mass is 9.99. The van der Waals surface area contributed by atoms with Crippen LogP contribution >= 0.6 is 0 Å². The number of H-pyrrole nitrogens is 1. The van der Waals surface area contributed by atoms with Crippen LogP contribution in [-0.2, 0) is 26.3 Å². The summed E-state index contributed by atoms with van der Waals surface area (Å²) < 4.78 is 1.86. The van der Waals surface area contributed by atoms with Gasteiger partial charge in [0.15, 0.2) is 0 Å². The van der Waals surface area contributed by atoms with E-state index in [1.54, 1.807) is 0 Å². The Labute approximate surface area is 93.7 Å². The lowest BCUT2D eigenvalue weighted by Crippen LogP contribution is -2.04. The van der Waals surface area contributed by atoms with Crippen LogP contribution in [0.4, 0.5) is 0 Å². The average molecular weight is 217 g/mol. The fraction of sp³-hybridized carbons (Fsp3) is 0.455. The molecule has 2 aromatic heterocycles. The van der Waals surface area contributed by atoms with E-state index in [-0.39, 0.29) is 0 Å². The van der Waals surface area contributed by atoms with Crippen LogP contribution in [0.2, 0.25) is 0 Å². The highest BCUT2D eigenvalue weighted by Gasteiger charge is 2.22. The van der Waals surface area contributed by atoms with Crippen LogP contribution in [-0.4, -0.2) is 26.3 Å². The minimum Gasteiger partial charge on any atom is -0.345 e. The Kier molecular flexibility index (Phi) is 2.07. The van der Waals surface area contributed by atoms with Crippen molar-refractivity contribution in [2.75, 3.05) is 6.54 Å². The Morgan fingerprint density at radius 2 is 2.38 bits per heavy atom. The number of aromatic amines is 1. The van der Waals surface area contributed by atoms with Crippen molar-refractivity contribution in [3.63, 3.8) is 0 Å². The number of fused-ring (bicyclic) bond motifs is 3. The Morgan fingerprint density at radius 3 is 3.19 bits per heavy atom. The highest BCUT2D eigenvalue weighted by molar-refractivity contribution is 5.66. The Hall–Kier alpha value is -1.62. The van der Waals surface area contributed by atoms with Crippen LogP contribution in [0.15, 0.2) is 6.20 Å². The first-order valence-corrected chi connectivity index (χ1v) is 5.58. The van der Waals surface area contributed by atoms with Crippen LogP contribution in [0, 0.1) is 0 Å². The average Bonchev–Trinajstić information content (AvgIpc) is 2.79. The second kappa shape index (κ2) is 3.45. The number of aryl methyl sites for hydroxylation is 3. The van der Waals surface area contributed by atoms with Gasteiger partial charge in [0.1, 0.15) is 5.82 Å². The fourth-order valence-electron chi connectivity index (χ4n) is 2.28. The number of nitrogens with two attached hydrogens (primary N) is 1. The van der Waals surface area contributed by atoms with Gasteiger partial charge in [-0.2, -0.15) is 5.10 Å². The first-order chi connectivity index (χ1) is 7.78. The van der Waals surface area contributed by atoms with Gasteiger partial charge in [-0.1, -0.05) is 0 Å². The van der Waals surface area contributed by atoms with Gasteiger partial charge in [0.05, 0.1) is 11.4 Å². The quantitative estimate of drug-likeness (QED) is 0.765. The molecular formula is C11H15N5. The molecule has 0 aliphatic heterocycles. The molecule has 0 spiro atoms. The lowest BCUT2D eigenvalue weighted by molar-refractivity contribution is 0.734. The molecule has 2 heterocycles. The summed E-state index contributed by atoms with van der Waals surface area (Å²) in [6, 6.07) is 0. The topological polar surface area (TPSA) is 72.5 Å². The van der Waals surface area contributed by atoms with Gasteiger partial charge < -0.3 is 10.7 Å². The van der Waals surface area contributed by atoms with Crippen molar-refractivity contribution in [3.8, 4) is 11.3 Å². The molecule has 3 N–H and O–H groups in total. The van der Waals surface area contributed by atoms with Gasteiger partial charge >= 0.3 is 0 Å². The molecule has 5 heteroatoms. The Morgan fingerprint density at radius 1 is 1.50 bits per heavy atom. The lowest BCUT2D eigenvalue weighted by Gasteiger charge is -2.07. The molecule has 16 heavy (non-hydrogen) atoms. The first kappa shape index (κ1) is 9.59. The maximum Gasteiger partial charge on any atom is 0.108 e. The smallest absolute Gasteiger partial charge is 0.108 e. The molecule has 0 bridgehead atoms. The molecule has 84 valence electrons. The molecule has 0 saturated heterocycles. The van der Waals surface area contributed by atoms with E-state index in [0.717, 1.165) is 36.5 Å². The van der Waals surface area contributed by atoms with Crippen molar-refractivity contribution in [2.24, 2.45) is 12.8 Å². The van der Waals surface area contributed by atoms with Crippen LogP contribution in [0.5, 0.6) is 0 Å². The summed E-state index contributed by atoms with van der Waals surface area (Å²) in [4.78, 5) is 7.96. The molecule has 0 fully saturated rings. The predicted molar refractivity (Wildman–Crippen MR) is 61.0 cm³/mol. The molecule has 3 rings (SSSR count). The third kappa shape index (κ3) is 1.36. The molecule has 0 saturated carbocycles.